The van der Waals surface area contributed by atoms with E-state index in [9.17, 15) is 51.6 Å². The van der Waals surface area contributed by atoms with Gasteiger partial charge in [-0.05, 0) is 106 Å². The number of nitrogens with one attached hydrogen (secondary N) is 6. The fourth-order valence-corrected chi connectivity index (χ4v) is 12.7. The highest BCUT2D eigenvalue weighted by Gasteiger charge is 2.41. The minimum atomic E-state index is -3.50. The van der Waals surface area contributed by atoms with Crippen molar-refractivity contribution in [2.75, 3.05) is 78.8 Å². The van der Waals surface area contributed by atoms with Crippen LogP contribution in [0.5, 0.6) is 0 Å². The van der Waals surface area contributed by atoms with Crippen LogP contribution in [0.4, 0.5) is 10.5 Å². The molecule has 1 saturated heterocycles. The van der Waals surface area contributed by atoms with Crippen LogP contribution in [0.2, 0.25) is 0 Å². The Balaban J connectivity index is 1.01. The number of unbranched alkanes of at least 4 members (excludes halogenated alkanes) is 2. The van der Waals surface area contributed by atoms with E-state index >= 15 is 0 Å². The number of hydrogen-bond donors (Lipinski definition) is 7. The highest BCUT2D eigenvalue weighted by atomic mass is 32.2. The molecule has 9 atom stereocenters. The molecule has 0 spiro atoms. The van der Waals surface area contributed by atoms with Crippen molar-refractivity contribution in [2.24, 2.45) is 29.4 Å². The Hall–Kier alpha value is -8.96. The predicted octanol–water partition coefficient (Wildman–Crippen LogP) is 4.49. The Morgan fingerprint density at radius 2 is 1.49 bits per heavy atom. The molecule has 0 radical (unpaired) electrons. The first-order chi connectivity index (χ1) is 50.0. The molecule has 31 heteroatoms. The smallest absolute Gasteiger partial charge is 0.410 e. The number of carbonyl (C=O) groups excluding carboxylic acids is 9. The van der Waals surface area contributed by atoms with Gasteiger partial charge in [-0.1, -0.05) is 114 Å². The maximum atomic E-state index is 14.8. The van der Waals surface area contributed by atoms with Crippen LogP contribution in [0.3, 0.4) is 0 Å². The van der Waals surface area contributed by atoms with Crippen LogP contribution in [-0.2, 0) is 93.3 Å². The number of methoxy groups -OCH3 is 1. The maximum Gasteiger partial charge on any atom is 0.410 e. The van der Waals surface area contributed by atoms with E-state index in [0.29, 0.717) is 87.1 Å². The second kappa shape index (κ2) is 44.8. The molecule has 0 bridgehead atoms. The van der Waals surface area contributed by atoms with E-state index in [1.54, 1.807) is 60.9 Å². The molecule has 2 aromatic carbocycles. The molecule has 0 aliphatic carbocycles. The number of carbonyl (C=O) groups is 9. The molecule has 2 aromatic heterocycles. The number of nitrogens with zero attached hydrogens (tertiary/aromatic N) is 8. The van der Waals surface area contributed by atoms with Gasteiger partial charge in [-0.25, -0.2) is 27.9 Å². The van der Waals surface area contributed by atoms with Crippen LogP contribution in [0.15, 0.2) is 78.3 Å². The molecule has 9 amide bonds. The number of rotatable bonds is 44. The SMILES string of the molecule is CC[C@H](C)[C@@H]([C@@H](CC(=O)N1CCC[C@H]1C[C@@H](C)C(=O)N[C@H](C)Cc1ccccc1)OC)N(C)C(=O)[C@@H](NC(=O)[C@H](C(C)C)N(C)C(=O)OCc1ccc(NC(=O)[C@H](CCCCN)NC(=O)COCC(=O)NCCOCCn2cc(CNC(=O)CCCC#Cc3cnc(S(C)(=O)=O)nc3)nn2)cc1)C(C)C. The average Bonchev–Trinajstić information content (AvgIpc) is 0.956. The summed E-state index contributed by atoms with van der Waals surface area (Å²) in [5.41, 5.74) is 8.82. The summed E-state index contributed by atoms with van der Waals surface area (Å²) in [4.78, 5) is 134. The molecular weight excluding hydrogens is 1370 g/mol. The molecule has 105 heavy (non-hydrogen) atoms. The van der Waals surface area contributed by atoms with E-state index < -0.39 is 89.0 Å². The molecule has 3 heterocycles. The van der Waals surface area contributed by atoms with Crippen molar-refractivity contribution < 1.29 is 70.5 Å². The van der Waals surface area contributed by atoms with Gasteiger partial charge in [0.1, 0.15) is 43.6 Å². The summed E-state index contributed by atoms with van der Waals surface area (Å²) in [6.07, 6.45) is 9.90. The van der Waals surface area contributed by atoms with Gasteiger partial charge in [0.2, 0.25) is 62.3 Å². The summed E-state index contributed by atoms with van der Waals surface area (Å²) in [6.45, 7) is 16.0. The first kappa shape index (κ1) is 86.7. The third-order valence-electron chi connectivity index (χ3n) is 18.1. The second-order valence-corrected chi connectivity index (χ2v) is 29.4. The number of anilines is 1. The van der Waals surface area contributed by atoms with Gasteiger partial charge in [0, 0.05) is 89.5 Å². The Bertz CT molecular complexity index is 3610. The molecule has 578 valence electrons. The molecule has 30 nitrogen and oxygen atoms in total. The van der Waals surface area contributed by atoms with Gasteiger partial charge in [-0.2, -0.15) is 0 Å². The quantitative estimate of drug-likeness (QED) is 0.0182. The van der Waals surface area contributed by atoms with Gasteiger partial charge in [-0.3, -0.25) is 43.3 Å². The highest BCUT2D eigenvalue weighted by molar-refractivity contribution is 7.90. The van der Waals surface area contributed by atoms with Crippen molar-refractivity contribution in [1.29, 1.82) is 0 Å². The number of hydrogen-bond acceptors (Lipinski definition) is 20. The Morgan fingerprint density at radius 3 is 2.14 bits per heavy atom. The van der Waals surface area contributed by atoms with Crippen molar-refractivity contribution in [1.82, 2.24) is 66.2 Å². The highest BCUT2D eigenvalue weighted by Crippen LogP contribution is 2.29. The van der Waals surface area contributed by atoms with E-state index in [1.807, 2.05) is 76.8 Å². The van der Waals surface area contributed by atoms with Crippen molar-refractivity contribution in [3.63, 3.8) is 0 Å². The minimum Gasteiger partial charge on any atom is -0.445 e. The van der Waals surface area contributed by atoms with Gasteiger partial charge in [0.25, 0.3) is 0 Å². The monoisotopic (exact) mass is 1480 g/mol. The lowest BCUT2D eigenvalue weighted by Gasteiger charge is -2.40. The Kier molecular flexibility index (Phi) is 36.9. The van der Waals surface area contributed by atoms with Crippen LogP contribution in [0.1, 0.15) is 148 Å². The molecule has 0 saturated carbocycles. The van der Waals surface area contributed by atoms with Gasteiger partial charge < -0.3 is 66.4 Å². The number of benzene rings is 2. The first-order valence-corrected chi connectivity index (χ1v) is 38.0. The number of aromatic nitrogens is 5. The molecule has 1 aliphatic rings. The second-order valence-electron chi connectivity index (χ2n) is 27.5. The number of ether oxygens (including phenoxy) is 4. The van der Waals surface area contributed by atoms with Crippen LogP contribution in [-0.4, -0.2) is 217 Å². The van der Waals surface area contributed by atoms with Crippen LogP contribution in [0, 0.1) is 35.5 Å². The fraction of sp³-hybridized carbons (Fsp3) is 0.608. The van der Waals surface area contributed by atoms with E-state index in [-0.39, 0.29) is 111 Å². The summed E-state index contributed by atoms with van der Waals surface area (Å²) in [7, 11) is 1.15. The lowest BCUT2D eigenvalue weighted by molar-refractivity contribution is -0.146. The van der Waals surface area contributed by atoms with E-state index in [1.165, 1.54) is 31.5 Å². The summed E-state index contributed by atoms with van der Waals surface area (Å²) < 4.78 is 47.3. The van der Waals surface area contributed by atoms with Gasteiger partial charge in [-0.15, -0.1) is 5.10 Å². The predicted molar refractivity (Wildman–Crippen MR) is 393 cm³/mol. The number of nitrogens with two attached hydrogens (primary N) is 1. The maximum absolute atomic E-state index is 14.8. The van der Waals surface area contributed by atoms with E-state index in [4.69, 9.17) is 24.7 Å². The van der Waals surface area contributed by atoms with Gasteiger partial charge >= 0.3 is 6.09 Å². The van der Waals surface area contributed by atoms with E-state index in [0.717, 1.165) is 24.7 Å². The molecule has 1 aliphatic heterocycles. The zero-order chi connectivity index (χ0) is 77.2. The van der Waals surface area contributed by atoms with Gasteiger partial charge in [0.05, 0.1) is 56.6 Å². The lowest BCUT2D eigenvalue weighted by atomic mass is 9.89. The number of likely N-dealkylation sites (N-methyl/N-ethyl adjacent to an activating group) is 2. The van der Waals surface area contributed by atoms with E-state index in [2.05, 4.69) is 64.0 Å². The molecule has 1 fully saturated rings. The normalized spacial score (nSPS) is 15.2. The van der Waals surface area contributed by atoms with Crippen LogP contribution >= 0.6 is 0 Å². The fourth-order valence-electron chi connectivity index (χ4n) is 12.2. The van der Waals surface area contributed by atoms with Crippen molar-refractivity contribution >= 4 is 68.9 Å². The Morgan fingerprint density at radius 1 is 0.781 bits per heavy atom. The molecule has 4 aromatic rings. The van der Waals surface area contributed by atoms with Crippen molar-refractivity contribution in [3.05, 3.63) is 95.6 Å². The number of likely N-dealkylation sites (tertiary alicyclic amines) is 1. The van der Waals surface area contributed by atoms with Gasteiger partial charge in [0.15, 0.2) is 0 Å². The zero-order valence-corrected chi connectivity index (χ0v) is 63.8. The average molecular weight is 1480 g/mol. The largest absolute Gasteiger partial charge is 0.445 e. The standard InChI is InChI=1S/C74H111N15O15S/c1-13-51(6)68(61(101-11)41-65(93)89-35-22-26-59(89)39-52(7)69(94)80-53(8)40-54-23-16-14-17-24-54)86(9)72(97)66(49(2)3)83-71(96)67(50(4)5)87(10)74(98)104-46-55-29-31-57(32-30-55)81-70(95)60(27-20-21-33-75)82-64(92)48-103-47-63(91)76-34-37-102-38-36-88-45-58(84-85-88)44-77-62(90)28-19-15-18-25-56-42-78-73(79-43-56)105(12,99)100/h14,16-17,23-24,29-32,42-43,45,49-53,59-61,66-68H,13,15,19-22,26-28,33-41,44,46-48,75H2,1-12H3,(H,76,91)(H,77,90)(H,80,94)(H,81,95)(H,82,92)(H,83,96)/t51-,52+,53+,59-,60-,61+,66-,67-,68-/m0/s1. The number of amides is 9. The third-order valence-corrected chi connectivity index (χ3v) is 19.0. The molecule has 0 unspecified atom stereocenters. The summed E-state index contributed by atoms with van der Waals surface area (Å²) in [6, 6.07) is 12.7. The van der Waals surface area contributed by atoms with Crippen molar-refractivity contribution in [3.8, 4) is 11.8 Å². The third kappa shape index (κ3) is 29.8. The molecule has 8 N–H and O–H groups in total. The Labute approximate surface area is 618 Å². The topological polar surface area (TPSA) is 389 Å². The first-order valence-electron chi connectivity index (χ1n) is 36.1. The lowest BCUT2D eigenvalue weighted by Crippen LogP contribution is -2.60. The minimum absolute atomic E-state index is 0.00446. The molecular formula is C74H111N15O15S. The van der Waals surface area contributed by atoms with Crippen LogP contribution < -0.4 is 37.6 Å². The zero-order valence-electron chi connectivity index (χ0n) is 63.0. The summed E-state index contributed by atoms with van der Waals surface area (Å²) >= 11 is 0. The van der Waals surface area contributed by atoms with Crippen molar-refractivity contribution in [2.45, 2.75) is 200 Å². The summed E-state index contributed by atoms with van der Waals surface area (Å²) in [5, 5.41) is 24.9. The number of sulfone groups is 1. The van der Waals surface area contributed by atoms with Crippen LogP contribution in [0.25, 0.3) is 0 Å². The summed E-state index contributed by atoms with van der Waals surface area (Å²) in [5.74, 6) is 1.59. The molecule has 5 rings (SSSR count).